The fourth-order valence-electron chi connectivity index (χ4n) is 1.13. The molecule has 2 aromatic rings. The zero-order chi connectivity index (χ0) is 11.5. The lowest BCUT2D eigenvalue weighted by atomic mass is 10.4. The van der Waals surface area contributed by atoms with Crippen LogP contribution >= 0.6 is 23.4 Å². The molecule has 82 valence electrons. The number of nitrogens with two attached hydrogens (primary N) is 2. The summed E-state index contributed by atoms with van der Waals surface area (Å²) >= 11 is 7.33. The molecule has 0 aliphatic carbocycles. The second kappa shape index (κ2) is 4.59. The smallest absolute Gasteiger partial charge is 0.221 e. The second-order valence-corrected chi connectivity index (χ2v) is 4.59. The van der Waals surface area contributed by atoms with E-state index in [0.29, 0.717) is 10.8 Å². The molecule has 0 unspecified atom stereocenters. The van der Waals surface area contributed by atoms with Crippen molar-refractivity contribution in [3.8, 4) is 0 Å². The third-order valence-electron chi connectivity index (χ3n) is 1.83. The number of nitrogens with zero attached hydrogens (tertiary/aromatic N) is 2. The molecule has 4 N–H and O–H groups in total. The molecule has 0 atom stereocenters. The zero-order valence-electron chi connectivity index (χ0n) is 8.22. The van der Waals surface area contributed by atoms with E-state index in [0.717, 1.165) is 9.79 Å². The Morgan fingerprint density at radius 2 is 2.06 bits per heavy atom. The Labute approximate surface area is 102 Å². The fourth-order valence-corrected chi connectivity index (χ4v) is 2.23. The number of anilines is 2. The first-order valence-electron chi connectivity index (χ1n) is 4.46. The van der Waals surface area contributed by atoms with Crippen LogP contribution in [0.3, 0.4) is 0 Å². The van der Waals surface area contributed by atoms with Gasteiger partial charge in [-0.05, 0) is 18.2 Å². The quantitative estimate of drug-likeness (QED) is 0.858. The van der Waals surface area contributed by atoms with Crippen LogP contribution in [0.5, 0.6) is 0 Å². The third kappa shape index (κ3) is 2.56. The summed E-state index contributed by atoms with van der Waals surface area (Å²) in [7, 11) is 0. The third-order valence-corrected chi connectivity index (χ3v) is 3.08. The number of halogens is 1. The van der Waals surface area contributed by atoms with Crippen LogP contribution in [0, 0.1) is 0 Å². The highest BCUT2D eigenvalue weighted by Gasteiger charge is 2.04. The molecule has 4 nitrogen and oxygen atoms in total. The van der Waals surface area contributed by atoms with Crippen molar-refractivity contribution in [2.45, 2.75) is 9.79 Å². The Morgan fingerprint density at radius 3 is 2.75 bits per heavy atom. The van der Waals surface area contributed by atoms with Crippen molar-refractivity contribution in [1.29, 1.82) is 0 Å². The molecule has 0 spiro atoms. The van der Waals surface area contributed by atoms with Crippen LogP contribution in [0.25, 0.3) is 0 Å². The van der Waals surface area contributed by atoms with Crippen LogP contribution in [-0.2, 0) is 0 Å². The monoisotopic (exact) mass is 252 g/mol. The number of rotatable bonds is 2. The summed E-state index contributed by atoms with van der Waals surface area (Å²) < 4.78 is 0. The number of nitrogen functional groups attached to an aromatic ring is 2. The molecule has 16 heavy (non-hydrogen) atoms. The molecule has 0 amide bonds. The van der Waals surface area contributed by atoms with Crippen LogP contribution in [-0.4, -0.2) is 9.97 Å². The first-order valence-corrected chi connectivity index (χ1v) is 5.66. The molecule has 1 heterocycles. The van der Waals surface area contributed by atoms with Gasteiger partial charge in [0.15, 0.2) is 0 Å². The van der Waals surface area contributed by atoms with Gasteiger partial charge in [0.05, 0.1) is 4.90 Å². The molecule has 0 bridgehead atoms. The van der Waals surface area contributed by atoms with Crippen molar-refractivity contribution in [1.82, 2.24) is 9.97 Å². The first kappa shape index (κ1) is 11.0. The van der Waals surface area contributed by atoms with E-state index in [-0.39, 0.29) is 5.95 Å². The zero-order valence-corrected chi connectivity index (χ0v) is 9.79. The van der Waals surface area contributed by atoms with Gasteiger partial charge in [0.1, 0.15) is 5.82 Å². The van der Waals surface area contributed by atoms with Crippen molar-refractivity contribution in [3.63, 3.8) is 0 Å². The van der Waals surface area contributed by atoms with Gasteiger partial charge in [-0.15, -0.1) is 0 Å². The van der Waals surface area contributed by atoms with Gasteiger partial charge in [0, 0.05) is 16.1 Å². The summed E-state index contributed by atoms with van der Waals surface area (Å²) in [5.74, 6) is 0.547. The maximum absolute atomic E-state index is 5.88. The van der Waals surface area contributed by atoms with E-state index in [2.05, 4.69) is 9.97 Å². The molecular formula is C10H9ClN4S. The minimum absolute atomic E-state index is 0.174. The van der Waals surface area contributed by atoms with E-state index in [1.807, 2.05) is 24.3 Å². The van der Waals surface area contributed by atoms with Gasteiger partial charge in [-0.3, -0.25) is 0 Å². The number of hydrogen-bond acceptors (Lipinski definition) is 5. The molecule has 1 aromatic heterocycles. The van der Waals surface area contributed by atoms with E-state index in [1.54, 1.807) is 6.20 Å². The molecule has 0 fully saturated rings. The highest BCUT2D eigenvalue weighted by Crippen LogP contribution is 2.31. The fraction of sp³-hybridized carbons (Fsp3) is 0. The predicted octanol–water partition coefficient (Wildman–Crippen LogP) is 2.45. The minimum Gasteiger partial charge on any atom is -0.383 e. The lowest BCUT2D eigenvalue weighted by molar-refractivity contribution is 1.13. The van der Waals surface area contributed by atoms with Gasteiger partial charge < -0.3 is 11.5 Å². The van der Waals surface area contributed by atoms with Crippen LogP contribution in [0.15, 0.2) is 40.3 Å². The molecule has 0 saturated carbocycles. The standard InChI is InChI=1S/C10H9ClN4S/c11-6-2-1-3-7(4-6)16-8-5-14-10(13)15-9(8)12/h1-5H,(H4,12,13,14,15). The highest BCUT2D eigenvalue weighted by atomic mass is 35.5. The van der Waals surface area contributed by atoms with Crippen LogP contribution in [0.1, 0.15) is 0 Å². The summed E-state index contributed by atoms with van der Waals surface area (Å²) in [5.41, 5.74) is 11.1. The van der Waals surface area contributed by atoms with E-state index < -0.39 is 0 Å². The number of hydrogen-bond donors (Lipinski definition) is 2. The van der Waals surface area contributed by atoms with Gasteiger partial charge in [-0.2, -0.15) is 4.98 Å². The Hall–Kier alpha value is -1.46. The summed E-state index contributed by atoms with van der Waals surface area (Å²) in [6.07, 6.45) is 1.60. The molecule has 6 heteroatoms. The van der Waals surface area contributed by atoms with Crippen LogP contribution in [0.4, 0.5) is 11.8 Å². The Morgan fingerprint density at radius 1 is 1.25 bits per heavy atom. The van der Waals surface area contributed by atoms with Crippen molar-refractivity contribution in [2.24, 2.45) is 0 Å². The molecule has 0 radical (unpaired) electrons. The minimum atomic E-state index is 0.174. The van der Waals surface area contributed by atoms with Gasteiger partial charge in [-0.25, -0.2) is 4.98 Å². The topological polar surface area (TPSA) is 77.8 Å². The summed E-state index contributed by atoms with van der Waals surface area (Å²) in [6, 6.07) is 7.47. The second-order valence-electron chi connectivity index (χ2n) is 3.04. The van der Waals surface area contributed by atoms with E-state index in [4.69, 9.17) is 23.1 Å². The van der Waals surface area contributed by atoms with Crippen LogP contribution < -0.4 is 11.5 Å². The van der Waals surface area contributed by atoms with Gasteiger partial charge in [0.25, 0.3) is 0 Å². The summed E-state index contributed by atoms with van der Waals surface area (Å²) in [5, 5.41) is 0.680. The Kier molecular flexibility index (Phi) is 3.17. The normalized spacial score (nSPS) is 10.3. The van der Waals surface area contributed by atoms with E-state index >= 15 is 0 Å². The van der Waals surface area contributed by atoms with Crippen LogP contribution in [0.2, 0.25) is 5.02 Å². The average molecular weight is 253 g/mol. The van der Waals surface area contributed by atoms with Gasteiger partial charge in [0.2, 0.25) is 5.95 Å². The van der Waals surface area contributed by atoms with Crippen molar-refractivity contribution in [3.05, 3.63) is 35.5 Å². The van der Waals surface area contributed by atoms with Crippen molar-refractivity contribution >= 4 is 35.1 Å². The number of aromatic nitrogens is 2. The molecule has 0 aliphatic heterocycles. The lowest BCUT2D eigenvalue weighted by Gasteiger charge is -2.04. The highest BCUT2D eigenvalue weighted by molar-refractivity contribution is 7.99. The predicted molar refractivity (Wildman–Crippen MR) is 66.4 cm³/mol. The average Bonchev–Trinajstić information content (AvgIpc) is 2.22. The van der Waals surface area contributed by atoms with Gasteiger partial charge >= 0.3 is 0 Å². The first-order chi connectivity index (χ1) is 7.65. The molecule has 0 saturated heterocycles. The summed E-state index contributed by atoms with van der Waals surface area (Å²) in [4.78, 5) is 9.51. The molecule has 1 aromatic carbocycles. The van der Waals surface area contributed by atoms with Crippen molar-refractivity contribution < 1.29 is 0 Å². The van der Waals surface area contributed by atoms with Gasteiger partial charge in [-0.1, -0.05) is 29.4 Å². The summed E-state index contributed by atoms with van der Waals surface area (Å²) in [6.45, 7) is 0. The van der Waals surface area contributed by atoms with E-state index in [9.17, 15) is 0 Å². The molecule has 2 rings (SSSR count). The molecular weight excluding hydrogens is 244 g/mol. The molecule has 0 aliphatic rings. The number of benzene rings is 1. The maximum Gasteiger partial charge on any atom is 0.221 e. The Balaban J connectivity index is 2.27. The SMILES string of the molecule is Nc1ncc(Sc2cccc(Cl)c2)c(N)n1. The largest absolute Gasteiger partial charge is 0.383 e. The maximum atomic E-state index is 5.88. The Bertz CT molecular complexity index is 518. The lowest BCUT2D eigenvalue weighted by Crippen LogP contribution is -2.00. The van der Waals surface area contributed by atoms with Crippen molar-refractivity contribution in [2.75, 3.05) is 11.5 Å². The van der Waals surface area contributed by atoms with E-state index in [1.165, 1.54) is 11.8 Å².